The van der Waals surface area contributed by atoms with Crippen LogP contribution in [0, 0.1) is 0 Å². The number of methoxy groups -OCH3 is 1. The van der Waals surface area contributed by atoms with Crippen LogP contribution >= 0.6 is 11.3 Å². The van der Waals surface area contributed by atoms with Crippen molar-refractivity contribution in [1.82, 2.24) is 10.3 Å². The number of rotatable bonds is 7. The van der Waals surface area contributed by atoms with Crippen LogP contribution in [-0.4, -0.2) is 31.8 Å². The minimum Gasteiger partial charge on any atom is -0.440 e. The maximum absolute atomic E-state index is 5.83. The molecule has 0 aliphatic heterocycles. The molecule has 1 aromatic carbocycles. The molecule has 21 heavy (non-hydrogen) atoms. The Hall–Kier alpha value is -1.69. The van der Waals surface area contributed by atoms with Crippen LogP contribution in [0.5, 0.6) is 0 Å². The second-order valence-electron chi connectivity index (χ2n) is 4.76. The van der Waals surface area contributed by atoms with Crippen molar-refractivity contribution in [2.24, 2.45) is 0 Å². The monoisotopic (exact) mass is 302 g/mol. The fourth-order valence-corrected chi connectivity index (χ4v) is 3.15. The Labute approximate surface area is 127 Å². The highest BCUT2D eigenvalue weighted by Gasteiger charge is 2.09. The molecule has 0 aliphatic carbocycles. The molecule has 0 amide bonds. The zero-order valence-electron chi connectivity index (χ0n) is 12.0. The van der Waals surface area contributed by atoms with Crippen molar-refractivity contribution in [3.8, 4) is 10.6 Å². The molecule has 2 aromatic heterocycles. The number of oxazole rings is 1. The van der Waals surface area contributed by atoms with E-state index in [1.165, 1.54) is 10.1 Å². The van der Waals surface area contributed by atoms with E-state index in [0.717, 1.165) is 42.6 Å². The molecule has 110 valence electrons. The predicted molar refractivity (Wildman–Crippen MR) is 85.8 cm³/mol. The van der Waals surface area contributed by atoms with Crippen LogP contribution in [0.3, 0.4) is 0 Å². The summed E-state index contributed by atoms with van der Waals surface area (Å²) in [6.07, 6.45) is 2.60. The van der Waals surface area contributed by atoms with Gasteiger partial charge in [-0.05, 0) is 17.5 Å². The van der Waals surface area contributed by atoms with Crippen LogP contribution in [0.1, 0.15) is 5.89 Å². The Morgan fingerprint density at radius 2 is 2.19 bits per heavy atom. The molecule has 0 aliphatic rings. The minimum atomic E-state index is 0.721. The van der Waals surface area contributed by atoms with E-state index in [0.29, 0.717) is 0 Å². The smallest absolute Gasteiger partial charge is 0.196 e. The Balaban J connectivity index is 1.64. The standard InChI is InChI=1S/C16H18N2O2S/c1-19-9-8-17-7-6-16-18-11-13(20-16)15-10-12-4-2-3-5-14(12)21-15/h2-5,10-11,17H,6-9H2,1H3. The number of thiophene rings is 1. The van der Waals surface area contributed by atoms with Crippen molar-refractivity contribution >= 4 is 21.4 Å². The van der Waals surface area contributed by atoms with Crippen molar-refractivity contribution < 1.29 is 9.15 Å². The fourth-order valence-electron chi connectivity index (χ4n) is 2.14. The van der Waals surface area contributed by atoms with Crippen LogP contribution < -0.4 is 5.32 Å². The normalized spacial score (nSPS) is 11.3. The average molecular weight is 302 g/mol. The van der Waals surface area contributed by atoms with Crippen molar-refractivity contribution in [3.05, 3.63) is 42.4 Å². The maximum atomic E-state index is 5.83. The first-order valence-corrected chi connectivity index (χ1v) is 7.82. The van der Waals surface area contributed by atoms with Gasteiger partial charge in [0.1, 0.15) is 0 Å². The first kappa shape index (κ1) is 14.3. The fraction of sp³-hybridized carbons (Fsp3) is 0.312. The zero-order valence-corrected chi connectivity index (χ0v) is 12.8. The van der Waals surface area contributed by atoms with Gasteiger partial charge in [0.15, 0.2) is 11.7 Å². The molecular formula is C16H18N2O2S. The average Bonchev–Trinajstić information content (AvgIpc) is 3.13. The molecule has 0 atom stereocenters. The number of benzene rings is 1. The van der Waals surface area contributed by atoms with E-state index in [2.05, 4.69) is 40.6 Å². The van der Waals surface area contributed by atoms with E-state index in [9.17, 15) is 0 Å². The number of fused-ring (bicyclic) bond motifs is 1. The summed E-state index contributed by atoms with van der Waals surface area (Å²) in [7, 11) is 1.70. The molecule has 3 rings (SSSR count). The lowest BCUT2D eigenvalue weighted by molar-refractivity contribution is 0.199. The SMILES string of the molecule is COCCNCCc1ncc(-c2cc3ccccc3s2)o1. The molecule has 0 spiro atoms. The van der Waals surface area contributed by atoms with Gasteiger partial charge >= 0.3 is 0 Å². The second kappa shape index (κ2) is 6.85. The Bertz CT molecular complexity index is 672. The minimum absolute atomic E-state index is 0.721. The molecule has 4 nitrogen and oxygen atoms in total. The summed E-state index contributed by atoms with van der Waals surface area (Å²) in [6, 6.07) is 10.5. The van der Waals surface area contributed by atoms with Gasteiger partial charge in [-0.1, -0.05) is 18.2 Å². The molecule has 3 aromatic rings. The molecule has 0 saturated carbocycles. The highest BCUT2D eigenvalue weighted by Crippen LogP contribution is 2.33. The Kier molecular flexibility index (Phi) is 4.65. The van der Waals surface area contributed by atoms with Gasteiger partial charge in [0.2, 0.25) is 0 Å². The second-order valence-corrected chi connectivity index (χ2v) is 5.84. The summed E-state index contributed by atoms with van der Waals surface area (Å²) in [5.74, 6) is 1.62. The Morgan fingerprint density at radius 3 is 3.05 bits per heavy atom. The summed E-state index contributed by atoms with van der Waals surface area (Å²) < 4.78 is 12.1. The van der Waals surface area contributed by atoms with Crippen molar-refractivity contribution in [3.63, 3.8) is 0 Å². The van der Waals surface area contributed by atoms with Crippen molar-refractivity contribution in [2.75, 3.05) is 26.8 Å². The molecule has 0 saturated heterocycles. The van der Waals surface area contributed by atoms with E-state index in [-0.39, 0.29) is 0 Å². The predicted octanol–water partition coefficient (Wildman–Crippen LogP) is 3.33. The third kappa shape index (κ3) is 3.50. The molecule has 0 unspecified atom stereocenters. The summed E-state index contributed by atoms with van der Waals surface area (Å²) in [5, 5.41) is 4.53. The third-order valence-electron chi connectivity index (χ3n) is 3.22. The van der Waals surface area contributed by atoms with Crippen molar-refractivity contribution in [1.29, 1.82) is 0 Å². The number of aromatic nitrogens is 1. The lowest BCUT2D eigenvalue weighted by Gasteiger charge is -2.00. The molecule has 0 radical (unpaired) electrons. The first-order valence-electron chi connectivity index (χ1n) is 7.00. The van der Waals surface area contributed by atoms with Gasteiger partial charge < -0.3 is 14.5 Å². The number of hydrogen-bond donors (Lipinski definition) is 1. The lowest BCUT2D eigenvalue weighted by Crippen LogP contribution is -2.21. The number of nitrogens with one attached hydrogen (secondary N) is 1. The van der Waals surface area contributed by atoms with E-state index >= 15 is 0 Å². The van der Waals surface area contributed by atoms with E-state index in [4.69, 9.17) is 9.15 Å². The molecule has 0 bridgehead atoms. The summed E-state index contributed by atoms with van der Waals surface area (Å²) in [6.45, 7) is 2.41. The topological polar surface area (TPSA) is 47.3 Å². The largest absolute Gasteiger partial charge is 0.440 e. The summed E-state index contributed by atoms with van der Waals surface area (Å²) in [5.41, 5.74) is 0. The lowest BCUT2D eigenvalue weighted by atomic mass is 10.2. The molecular weight excluding hydrogens is 284 g/mol. The van der Waals surface area contributed by atoms with Gasteiger partial charge in [0.25, 0.3) is 0 Å². The van der Waals surface area contributed by atoms with Gasteiger partial charge in [0.05, 0.1) is 17.7 Å². The quantitative estimate of drug-likeness (QED) is 0.680. The van der Waals surface area contributed by atoms with Gasteiger partial charge in [-0.2, -0.15) is 0 Å². The number of ether oxygens (including phenoxy) is 1. The summed E-state index contributed by atoms with van der Waals surface area (Å²) >= 11 is 1.73. The van der Waals surface area contributed by atoms with Gasteiger partial charge in [-0.3, -0.25) is 0 Å². The Morgan fingerprint density at radius 1 is 1.29 bits per heavy atom. The summed E-state index contributed by atoms with van der Waals surface area (Å²) in [4.78, 5) is 5.48. The molecule has 2 heterocycles. The first-order chi connectivity index (χ1) is 10.4. The van der Waals surface area contributed by atoms with Gasteiger partial charge in [-0.25, -0.2) is 4.98 Å². The van der Waals surface area contributed by atoms with Gasteiger partial charge in [-0.15, -0.1) is 11.3 Å². The zero-order chi connectivity index (χ0) is 14.5. The van der Waals surface area contributed by atoms with Crippen LogP contribution in [0.15, 0.2) is 40.9 Å². The maximum Gasteiger partial charge on any atom is 0.196 e. The van der Waals surface area contributed by atoms with Crippen molar-refractivity contribution in [2.45, 2.75) is 6.42 Å². The highest BCUT2D eigenvalue weighted by molar-refractivity contribution is 7.22. The van der Waals surface area contributed by atoms with Crippen LogP contribution in [-0.2, 0) is 11.2 Å². The number of hydrogen-bond acceptors (Lipinski definition) is 5. The van der Waals surface area contributed by atoms with Crippen LogP contribution in [0.2, 0.25) is 0 Å². The number of nitrogens with zero attached hydrogens (tertiary/aromatic N) is 1. The van der Waals surface area contributed by atoms with Crippen LogP contribution in [0.25, 0.3) is 20.7 Å². The van der Waals surface area contributed by atoms with E-state index in [1.54, 1.807) is 18.4 Å². The van der Waals surface area contributed by atoms with E-state index in [1.807, 2.05) is 6.20 Å². The highest BCUT2D eigenvalue weighted by atomic mass is 32.1. The van der Waals surface area contributed by atoms with Crippen LogP contribution in [0.4, 0.5) is 0 Å². The molecule has 1 N–H and O–H groups in total. The third-order valence-corrected chi connectivity index (χ3v) is 4.35. The molecule has 5 heteroatoms. The molecule has 0 fully saturated rings. The van der Waals surface area contributed by atoms with Gasteiger partial charge in [0, 0.05) is 31.3 Å². The van der Waals surface area contributed by atoms with E-state index < -0.39 is 0 Å².